The summed E-state index contributed by atoms with van der Waals surface area (Å²) < 4.78 is 60.7. The Bertz CT molecular complexity index is 419. The van der Waals surface area contributed by atoms with E-state index in [1.807, 2.05) is 34.6 Å². The summed E-state index contributed by atoms with van der Waals surface area (Å²) >= 11 is -5.12. The molecule has 0 amide bonds. The van der Waals surface area contributed by atoms with E-state index >= 15 is 0 Å². The van der Waals surface area contributed by atoms with Crippen molar-refractivity contribution in [2.75, 3.05) is 99.1 Å². The molecule has 0 aromatic carbocycles. The van der Waals surface area contributed by atoms with Crippen molar-refractivity contribution >= 4 is 14.2 Å². The quantitative estimate of drug-likeness (QED) is 0.0592. The average molecular weight is 661 g/mol. The molecule has 0 aliphatic rings. The Morgan fingerprint density at radius 1 is 0.268 bits per heavy atom. The second-order valence-electron chi connectivity index (χ2n) is 9.43. The van der Waals surface area contributed by atoms with Crippen LogP contribution in [0.15, 0.2) is 0 Å². The fraction of sp³-hybridized carbons (Fsp3) is 1.00. The summed E-state index contributed by atoms with van der Waals surface area (Å²) in [6, 6.07) is 0. The second-order valence-corrected chi connectivity index (χ2v) is 15.3. The molecule has 0 N–H and O–H groups in total. The van der Waals surface area contributed by atoms with Gasteiger partial charge >= 0.3 is 254 Å². The zero-order valence-electron chi connectivity index (χ0n) is 27.2. The topological polar surface area (TPSA) is 92.3 Å². The van der Waals surface area contributed by atoms with Crippen molar-refractivity contribution in [2.45, 2.75) is 98.8 Å². The molecule has 0 heterocycles. The minimum absolute atomic E-state index is 0.411. The van der Waals surface area contributed by atoms with Gasteiger partial charge in [0.05, 0.1) is 0 Å². The van der Waals surface area contributed by atoms with E-state index in [0.29, 0.717) is 99.1 Å². The normalized spacial score (nSPS) is 13.0. The molecule has 0 rings (SSSR count). The van der Waals surface area contributed by atoms with Crippen LogP contribution >= 0.6 is 0 Å². The standard InChI is InChI=1S/C30H65AsO10/c1-6-32-21-11-16-26-37-31(38-27-17-12-22-33-7-2,39-28-18-13-23-34-8-3,40-29-19-14-24-35-9-4)41-30-20-15-25-36-10-5/h6-30H2,1-5H3. The molecule has 0 saturated carbocycles. The van der Waals surface area contributed by atoms with E-state index in [1.54, 1.807) is 0 Å². The predicted molar refractivity (Wildman–Crippen MR) is 164 cm³/mol. The van der Waals surface area contributed by atoms with Crippen LogP contribution in [0, 0.1) is 0 Å². The molecule has 0 aliphatic heterocycles. The van der Waals surface area contributed by atoms with Gasteiger partial charge in [-0.2, -0.15) is 0 Å². The molecule has 0 aromatic rings. The fourth-order valence-corrected chi connectivity index (χ4v) is 9.74. The van der Waals surface area contributed by atoms with Gasteiger partial charge in [0.25, 0.3) is 0 Å². The maximum atomic E-state index is 6.62. The van der Waals surface area contributed by atoms with Gasteiger partial charge in [-0.15, -0.1) is 0 Å². The van der Waals surface area contributed by atoms with Gasteiger partial charge in [0.1, 0.15) is 0 Å². The van der Waals surface area contributed by atoms with Gasteiger partial charge in [0, 0.05) is 0 Å². The van der Waals surface area contributed by atoms with E-state index in [-0.39, 0.29) is 0 Å². The Morgan fingerprint density at radius 3 is 0.610 bits per heavy atom. The number of hydrogen-bond donors (Lipinski definition) is 0. The molecule has 250 valence electrons. The molecule has 0 spiro atoms. The van der Waals surface area contributed by atoms with Gasteiger partial charge in [-0.05, 0) is 0 Å². The third kappa shape index (κ3) is 23.2. The van der Waals surface area contributed by atoms with Crippen LogP contribution in [0.2, 0.25) is 0 Å². The summed E-state index contributed by atoms with van der Waals surface area (Å²) in [6.45, 7) is 19.0. The fourth-order valence-electron chi connectivity index (χ4n) is 3.69. The summed E-state index contributed by atoms with van der Waals surface area (Å²) in [5, 5.41) is 0. The van der Waals surface area contributed by atoms with E-state index in [1.165, 1.54) is 0 Å². The van der Waals surface area contributed by atoms with Crippen LogP contribution in [0.1, 0.15) is 98.8 Å². The molecule has 0 atom stereocenters. The second kappa shape index (κ2) is 30.2. The Kier molecular flexibility index (Phi) is 30.3. The molecular weight excluding hydrogens is 595 g/mol. The number of hydrogen-bond acceptors (Lipinski definition) is 10. The molecule has 0 aromatic heterocycles. The van der Waals surface area contributed by atoms with Crippen molar-refractivity contribution in [3.8, 4) is 0 Å². The maximum absolute atomic E-state index is 6.62. The molecule has 0 saturated heterocycles. The third-order valence-corrected chi connectivity index (χ3v) is 12.3. The van der Waals surface area contributed by atoms with Crippen molar-refractivity contribution in [3.63, 3.8) is 0 Å². The number of ether oxygens (including phenoxy) is 5. The summed E-state index contributed by atoms with van der Waals surface area (Å²) in [5.41, 5.74) is 0. The molecule has 0 bridgehead atoms. The summed E-state index contributed by atoms with van der Waals surface area (Å²) in [6.07, 6.45) is 8.33. The molecule has 0 aliphatic carbocycles. The molecule has 0 fully saturated rings. The zero-order chi connectivity index (χ0) is 30.2. The average Bonchev–Trinajstić information content (AvgIpc) is 2.98. The van der Waals surface area contributed by atoms with Crippen LogP contribution in [0.3, 0.4) is 0 Å². The first kappa shape index (κ1) is 41.2. The molecule has 11 heteroatoms. The molecular formula is C30H65AsO10. The Balaban J connectivity index is 5.74. The van der Waals surface area contributed by atoms with Crippen LogP contribution in [-0.2, 0) is 42.3 Å². The van der Waals surface area contributed by atoms with Crippen molar-refractivity contribution < 1.29 is 42.3 Å². The van der Waals surface area contributed by atoms with Crippen LogP contribution in [0.25, 0.3) is 0 Å². The molecule has 0 radical (unpaired) electrons. The van der Waals surface area contributed by atoms with Gasteiger partial charge in [-0.1, -0.05) is 0 Å². The van der Waals surface area contributed by atoms with E-state index in [9.17, 15) is 0 Å². The molecule has 41 heavy (non-hydrogen) atoms. The van der Waals surface area contributed by atoms with E-state index in [4.69, 9.17) is 42.3 Å². The van der Waals surface area contributed by atoms with E-state index in [2.05, 4.69) is 0 Å². The van der Waals surface area contributed by atoms with E-state index in [0.717, 1.165) is 64.2 Å². The van der Waals surface area contributed by atoms with Gasteiger partial charge < -0.3 is 0 Å². The Labute approximate surface area is 254 Å². The first-order chi connectivity index (χ1) is 20.1. The summed E-state index contributed by atoms with van der Waals surface area (Å²) in [5.74, 6) is 0. The van der Waals surface area contributed by atoms with Gasteiger partial charge in [-0.3, -0.25) is 0 Å². The number of unbranched alkanes of at least 4 members (excludes halogenated alkanes) is 5. The van der Waals surface area contributed by atoms with Crippen molar-refractivity contribution in [1.82, 2.24) is 0 Å². The van der Waals surface area contributed by atoms with Gasteiger partial charge in [-0.25, -0.2) is 0 Å². The van der Waals surface area contributed by atoms with E-state index < -0.39 is 14.2 Å². The van der Waals surface area contributed by atoms with Crippen LogP contribution in [-0.4, -0.2) is 113 Å². The monoisotopic (exact) mass is 660 g/mol. The molecule has 0 unspecified atom stereocenters. The van der Waals surface area contributed by atoms with Crippen molar-refractivity contribution in [3.05, 3.63) is 0 Å². The molecule has 10 nitrogen and oxygen atoms in total. The Morgan fingerprint density at radius 2 is 0.439 bits per heavy atom. The number of rotatable bonds is 35. The Hall–Kier alpha value is 0.158. The van der Waals surface area contributed by atoms with Gasteiger partial charge in [0.2, 0.25) is 0 Å². The zero-order valence-corrected chi connectivity index (χ0v) is 29.1. The van der Waals surface area contributed by atoms with Crippen LogP contribution in [0.5, 0.6) is 0 Å². The minimum atomic E-state index is -5.12. The van der Waals surface area contributed by atoms with Crippen LogP contribution in [0.4, 0.5) is 0 Å². The predicted octanol–water partition coefficient (Wildman–Crippen LogP) is 6.04. The van der Waals surface area contributed by atoms with Crippen molar-refractivity contribution in [2.24, 2.45) is 0 Å². The first-order valence-electron chi connectivity index (χ1n) is 16.3. The van der Waals surface area contributed by atoms with Crippen molar-refractivity contribution in [1.29, 1.82) is 0 Å². The SMILES string of the molecule is CCOCCCCO[As](OCCCCOCC)(OCCCCOCC)(OCCCCOCC)OCCCCOCC. The van der Waals surface area contributed by atoms with Gasteiger partial charge in [0.15, 0.2) is 0 Å². The summed E-state index contributed by atoms with van der Waals surface area (Å²) in [7, 11) is 0. The summed E-state index contributed by atoms with van der Waals surface area (Å²) in [4.78, 5) is 0. The van der Waals surface area contributed by atoms with Crippen LogP contribution < -0.4 is 0 Å². The first-order valence-corrected chi connectivity index (χ1v) is 20.1. The third-order valence-electron chi connectivity index (χ3n) is 5.95.